The van der Waals surface area contributed by atoms with Gasteiger partial charge in [-0.25, -0.2) is 0 Å². The van der Waals surface area contributed by atoms with Gasteiger partial charge >= 0.3 is 0 Å². The molecule has 18 heavy (non-hydrogen) atoms. The van der Waals surface area contributed by atoms with Crippen molar-refractivity contribution in [2.75, 3.05) is 5.32 Å². The number of rotatable bonds is 4. The van der Waals surface area contributed by atoms with Crippen molar-refractivity contribution in [3.05, 3.63) is 47.7 Å². The average molecular weight is 243 g/mol. The van der Waals surface area contributed by atoms with Crippen molar-refractivity contribution in [2.45, 2.75) is 39.8 Å². The van der Waals surface area contributed by atoms with Gasteiger partial charge in [-0.2, -0.15) is 5.10 Å². The molecule has 2 aromatic rings. The quantitative estimate of drug-likeness (QED) is 0.881. The van der Waals surface area contributed by atoms with Crippen LogP contribution in [0.3, 0.4) is 0 Å². The number of anilines is 1. The van der Waals surface area contributed by atoms with Gasteiger partial charge in [-0.15, -0.1) is 0 Å². The fourth-order valence-electron chi connectivity index (χ4n) is 1.95. The van der Waals surface area contributed by atoms with E-state index in [0.717, 1.165) is 5.82 Å². The van der Waals surface area contributed by atoms with E-state index in [4.69, 9.17) is 0 Å². The first-order chi connectivity index (χ1) is 8.56. The SMILES string of the molecule is Cc1cccc(C(C)Nc2ccn(C(C)C)n2)c1. The summed E-state index contributed by atoms with van der Waals surface area (Å²) in [5.74, 6) is 0.928. The second kappa shape index (κ2) is 5.25. The Hall–Kier alpha value is -1.77. The third-order valence-electron chi connectivity index (χ3n) is 3.04. The van der Waals surface area contributed by atoms with Gasteiger partial charge in [0.05, 0.1) is 6.04 Å². The van der Waals surface area contributed by atoms with Crippen LogP contribution in [0.5, 0.6) is 0 Å². The minimum Gasteiger partial charge on any atom is -0.362 e. The zero-order valence-electron chi connectivity index (χ0n) is 11.5. The van der Waals surface area contributed by atoms with E-state index in [1.807, 2.05) is 16.9 Å². The summed E-state index contributed by atoms with van der Waals surface area (Å²) in [7, 11) is 0. The lowest BCUT2D eigenvalue weighted by molar-refractivity contribution is 0.533. The number of nitrogens with one attached hydrogen (secondary N) is 1. The predicted octanol–water partition coefficient (Wildman–Crippen LogP) is 3.95. The molecule has 0 saturated carbocycles. The molecular weight excluding hydrogens is 222 g/mol. The molecule has 1 N–H and O–H groups in total. The summed E-state index contributed by atoms with van der Waals surface area (Å²) in [5.41, 5.74) is 2.57. The maximum atomic E-state index is 4.50. The third-order valence-corrected chi connectivity index (χ3v) is 3.04. The highest BCUT2D eigenvalue weighted by Crippen LogP contribution is 2.19. The van der Waals surface area contributed by atoms with Crippen LogP contribution in [0.25, 0.3) is 0 Å². The first kappa shape index (κ1) is 12.7. The van der Waals surface area contributed by atoms with Gasteiger partial charge in [0, 0.05) is 18.3 Å². The molecule has 1 heterocycles. The molecule has 0 aliphatic rings. The number of benzene rings is 1. The summed E-state index contributed by atoms with van der Waals surface area (Å²) in [6.07, 6.45) is 2.01. The van der Waals surface area contributed by atoms with Gasteiger partial charge in [0.25, 0.3) is 0 Å². The number of aryl methyl sites for hydroxylation is 1. The summed E-state index contributed by atoms with van der Waals surface area (Å²) < 4.78 is 1.96. The lowest BCUT2D eigenvalue weighted by atomic mass is 10.1. The van der Waals surface area contributed by atoms with E-state index in [0.29, 0.717) is 6.04 Å². The van der Waals surface area contributed by atoms with Crippen molar-refractivity contribution in [1.29, 1.82) is 0 Å². The smallest absolute Gasteiger partial charge is 0.148 e. The van der Waals surface area contributed by atoms with Crippen molar-refractivity contribution >= 4 is 5.82 Å². The zero-order chi connectivity index (χ0) is 13.1. The molecule has 0 radical (unpaired) electrons. The molecule has 0 bridgehead atoms. The van der Waals surface area contributed by atoms with Crippen molar-refractivity contribution in [3.8, 4) is 0 Å². The van der Waals surface area contributed by atoms with E-state index in [9.17, 15) is 0 Å². The fourth-order valence-corrected chi connectivity index (χ4v) is 1.95. The lowest BCUT2D eigenvalue weighted by Gasteiger charge is -2.14. The normalized spacial score (nSPS) is 12.7. The van der Waals surface area contributed by atoms with E-state index >= 15 is 0 Å². The molecule has 0 spiro atoms. The molecule has 2 rings (SSSR count). The van der Waals surface area contributed by atoms with E-state index in [1.165, 1.54) is 11.1 Å². The van der Waals surface area contributed by atoms with E-state index < -0.39 is 0 Å². The summed E-state index contributed by atoms with van der Waals surface area (Å²) in [6, 6.07) is 11.2. The van der Waals surface area contributed by atoms with Gasteiger partial charge in [0.2, 0.25) is 0 Å². The Morgan fingerprint density at radius 3 is 2.56 bits per heavy atom. The van der Waals surface area contributed by atoms with Crippen LogP contribution in [-0.4, -0.2) is 9.78 Å². The Bertz CT molecular complexity index is 514. The number of hydrogen-bond donors (Lipinski definition) is 1. The molecule has 1 aromatic carbocycles. The lowest BCUT2D eigenvalue weighted by Crippen LogP contribution is -2.08. The third kappa shape index (κ3) is 2.92. The van der Waals surface area contributed by atoms with Crippen LogP contribution >= 0.6 is 0 Å². The fraction of sp³-hybridized carbons (Fsp3) is 0.400. The highest BCUT2D eigenvalue weighted by molar-refractivity contribution is 5.37. The Labute approximate surface area is 109 Å². The topological polar surface area (TPSA) is 29.9 Å². The minimum atomic E-state index is 0.264. The Morgan fingerprint density at radius 2 is 1.94 bits per heavy atom. The van der Waals surface area contributed by atoms with Gasteiger partial charge in [-0.1, -0.05) is 29.8 Å². The van der Waals surface area contributed by atoms with Crippen molar-refractivity contribution < 1.29 is 0 Å². The Balaban J connectivity index is 2.08. The Kier molecular flexibility index (Phi) is 3.70. The van der Waals surface area contributed by atoms with Crippen LogP contribution in [0.4, 0.5) is 5.82 Å². The van der Waals surface area contributed by atoms with Crippen molar-refractivity contribution in [2.24, 2.45) is 0 Å². The van der Waals surface area contributed by atoms with Gasteiger partial charge in [-0.3, -0.25) is 4.68 Å². The molecule has 0 saturated heterocycles. The summed E-state index contributed by atoms with van der Waals surface area (Å²) in [6.45, 7) is 8.52. The molecular formula is C15H21N3. The van der Waals surface area contributed by atoms with Crippen molar-refractivity contribution in [3.63, 3.8) is 0 Å². The van der Waals surface area contributed by atoms with Gasteiger partial charge in [0.15, 0.2) is 0 Å². The molecule has 1 unspecified atom stereocenters. The molecule has 0 aliphatic heterocycles. The minimum absolute atomic E-state index is 0.264. The molecule has 3 nitrogen and oxygen atoms in total. The second-order valence-corrected chi connectivity index (χ2v) is 5.05. The highest BCUT2D eigenvalue weighted by Gasteiger charge is 2.08. The molecule has 1 atom stereocenters. The van der Waals surface area contributed by atoms with Crippen LogP contribution < -0.4 is 5.32 Å². The summed E-state index contributed by atoms with van der Waals surface area (Å²) >= 11 is 0. The van der Waals surface area contributed by atoms with E-state index in [-0.39, 0.29) is 6.04 Å². The summed E-state index contributed by atoms with van der Waals surface area (Å²) in [5, 5.41) is 7.93. The van der Waals surface area contributed by atoms with Crippen LogP contribution in [-0.2, 0) is 0 Å². The standard InChI is InChI=1S/C15H21N3/c1-11(2)18-9-8-15(17-18)16-13(4)14-7-5-6-12(3)10-14/h5-11,13H,1-4H3,(H,16,17). The van der Waals surface area contributed by atoms with Crippen molar-refractivity contribution in [1.82, 2.24) is 9.78 Å². The van der Waals surface area contributed by atoms with Crippen LogP contribution in [0.1, 0.15) is 44.0 Å². The number of nitrogens with zero attached hydrogens (tertiary/aromatic N) is 2. The maximum absolute atomic E-state index is 4.50. The van der Waals surface area contributed by atoms with Gasteiger partial charge in [-0.05, 0) is 33.3 Å². The highest BCUT2D eigenvalue weighted by atomic mass is 15.3. The molecule has 96 valence electrons. The van der Waals surface area contributed by atoms with E-state index in [2.05, 4.69) is 62.4 Å². The molecule has 0 aliphatic carbocycles. The average Bonchev–Trinajstić information content (AvgIpc) is 2.77. The first-order valence-electron chi connectivity index (χ1n) is 6.44. The van der Waals surface area contributed by atoms with Gasteiger partial charge < -0.3 is 5.32 Å². The van der Waals surface area contributed by atoms with E-state index in [1.54, 1.807) is 0 Å². The largest absolute Gasteiger partial charge is 0.362 e. The second-order valence-electron chi connectivity index (χ2n) is 5.05. The Morgan fingerprint density at radius 1 is 1.17 bits per heavy atom. The monoisotopic (exact) mass is 243 g/mol. The van der Waals surface area contributed by atoms with Crippen LogP contribution in [0.15, 0.2) is 36.5 Å². The maximum Gasteiger partial charge on any atom is 0.148 e. The molecule has 0 amide bonds. The first-order valence-corrected chi connectivity index (χ1v) is 6.44. The zero-order valence-corrected chi connectivity index (χ0v) is 11.5. The molecule has 1 aromatic heterocycles. The molecule has 0 fully saturated rings. The number of hydrogen-bond acceptors (Lipinski definition) is 2. The molecule has 3 heteroatoms. The number of aromatic nitrogens is 2. The van der Waals surface area contributed by atoms with Gasteiger partial charge in [0.1, 0.15) is 5.82 Å². The predicted molar refractivity (Wildman–Crippen MR) is 75.8 cm³/mol. The van der Waals surface area contributed by atoms with Crippen LogP contribution in [0, 0.1) is 6.92 Å². The summed E-state index contributed by atoms with van der Waals surface area (Å²) in [4.78, 5) is 0. The van der Waals surface area contributed by atoms with Crippen LogP contribution in [0.2, 0.25) is 0 Å².